The van der Waals surface area contributed by atoms with E-state index in [2.05, 4.69) is 4.74 Å². The van der Waals surface area contributed by atoms with Gasteiger partial charge in [-0.25, -0.2) is 4.79 Å². The molecule has 2 rings (SSSR count). The third-order valence-electron chi connectivity index (χ3n) is 3.12. The highest BCUT2D eigenvalue weighted by atomic mass is 16.5. The highest BCUT2D eigenvalue weighted by Crippen LogP contribution is 2.17. The van der Waals surface area contributed by atoms with Crippen LogP contribution < -0.4 is 4.74 Å². The number of hydrogen-bond donors (Lipinski definition) is 0. The van der Waals surface area contributed by atoms with Crippen molar-refractivity contribution < 1.29 is 23.9 Å². The van der Waals surface area contributed by atoms with Crippen molar-refractivity contribution in [1.29, 1.82) is 0 Å². The summed E-state index contributed by atoms with van der Waals surface area (Å²) in [5.41, 5.74) is 0.275. The Morgan fingerprint density at radius 3 is 2.14 bits per heavy atom. The van der Waals surface area contributed by atoms with Crippen LogP contribution in [0.1, 0.15) is 31.1 Å². The first-order valence-corrected chi connectivity index (χ1v) is 6.49. The second-order valence-electron chi connectivity index (χ2n) is 4.43. The van der Waals surface area contributed by atoms with E-state index in [-0.39, 0.29) is 16.7 Å². The van der Waals surface area contributed by atoms with Crippen LogP contribution in [0.5, 0.6) is 5.75 Å². The molecule has 0 saturated carbocycles. The van der Waals surface area contributed by atoms with Crippen molar-refractivity contribution >= 4 is 17.5 Å². The van der Waals surface area contributed by atoms with E-state index in [1.165, 1.54) is 38.5 Å². The lowest BCUT2D eigenvalue weighted by atomic mass is 9.97. The molecule has 0 saturated heterocycles. The van der Waals surface area contributed by atoms with Crippen LogP contribution >= 0.6 is 0 Å². The van der Waals surface area contributed by atoms with Crippen molar-refractivity contribution in [3.63, 3.8) is 0 Å². The number of Topliss-reactive ketones (excluding diaryl/α,β-unsaturated/α-hetero) is 2. The van der Waals surface area contributed by atoms with Gasteiger partial charge in [0.2, 0.25) is 11.6 Å². The van der Waals surface area contributed by atoms with Crippen molar-refractivity contribution in [3.8, 4) is 5.75 Å². The van der Waals surface area contributed by atoms with E-state index >= 15 is 0 Å². The second-order valence-corrected chi connectivity index (χ2v) is 4.43. The minimum atomic E-state index is -0.769. The van der Waals surface area contributed by atoms with Gasteiger partial charge >= 0.3 is 5.97 Å². The Labute approximate surface area is 127 Å². The molecule has 0 aliphatic heterocycles. The van der Waals surface area contributed by atoms with Gasteiger partial charge in [-0.05, 0) is 18.2 Å². The van der Waals surface area contributed by atoms with Gasteiger partial charge in [0.1, 0.15) is 5.75 Å². The van der Waals surface area contributed by atoms with Gasteiger partial charge < -0.3 is 9.47 Å². The number of ether oxygens (including phenoxy) is 2. The quantitative estimate of drug-likeness (QED) is 0.482. The zero-order valence-corrected chi connectivity index (χ0v) is 12.2. The molecule has 0 atom stereocenters. The maximum absolute atomic E-state index is 12.4. The van der Waals surface area contributed by atoms with Gasteiger partial charge in [0.05, 0.1) is 19.8 Å². The molecule has 22 heavy (non-hydrogen) atoms. The number of methoxy groups -OCH3 is 2. The van der Waals surface area contributed by atoms with Crippen LogP contribution in [0, 0.1) is 0 Å². The van der Waals surface area contributed by atoms with Crippen LogP contribution in [0.15, 0.2) is 48.5 Å². The molecule has 2 aromatic rings. The van der Waals surface area contributed by atoms with E-state index in [1.807, 2.05) is 0 Å². The van der Waals surface area contributed by atoms with Crippen molar-refractivity contribution in [2.24, 2.45) is 0 Å². The van der Waals surface area contributed by atoms with Crippen molar-refractivity contribution in [1.82, 2.24) is 0 Å². The van der Waals surface area contributed by atoms with Crippen molar-refractivity contribution in [2.75, 3.05) is 14.2 Å². The van der Waals surface area contributed by atoms with Gasteiger partial charge in [-0.2, -0.15) is 0 Å². The van der Waals surface area contributed by atoms with E-state index in [4.69, 9.17) is 4.74 Å². The first-order valence-electron chi connectivity index (χ1n) is 6.49. The number of carbonyl (C=O) groups excluding carboxylic acids is 3. The molecular weight excluding hydrogens is 284 g/mol. The molecule has 0 unspecified atom stereocenters. The molecule has 0 radical (unpaired) electrons. The summed E-state index contributed by atoms with van der Waals surface area (Å²) in [7, 11) is 2.69. The SMILES string of the molecule is COC(=O)c1ccccc1C(=O)C(=O)c1cccc(OC)c1. The van der Waals surface area contributed by atoms with Crippen molar-refractivity contribution in [3.05, 3.63) is 65.2 Å². The largest absolute Gasteiger partial charge is 0.497 e. The van der Waals surface area contributed by atoms with Crippen LogP contribution in [0.25, 0.3) is 0 Å². The molecule has 0 bridgehead atoms. The van der Waals surface area contributed by atoms with Crippen LogP contribution in [0.4, 0.5) is 0 Å². The molecule has 0 aliphatic rings. The predicted molar refractivity (Wildman–Crippen MR) is 79.4 cm³/mol. The highest BCUT2D eigenvalue weighted by Gasteiger charge is 2.24. The summed E-state index contributed by atoms with van der Waals surface area (Å²) in [6.07, 6.45) is 0. The van der Waals surface area contributed by atoms with Crippen LogP contribution in [-0.2, 0) is 4.74 Å². The number of ketones is 2. The second kappa shape index (κ2) is 6.67. The highest BCUT2D eigenvalue weighted by molar-refractivity contribution is 6.50. The first kappa shape index (κ1) is 15.4. The molecule has 0 spiro atoms. The van der Waals surface area contributed by atoms with Crippen molar-refractivity contribution in [2.45, 2.75) is 0 Å². The Balaban J connectivity index is 2.39. The molecular formula is C17H14O5. The molecule has 5 nitrogen and oxygen atoms in total. The minimum Gasteiger partial charge on any atom is -0.497 e. The minimum absolute atomic E-state index is 0.0159. The lowest BCUT2D eigenvalue weighted by Gasteiger charge is -2.07. The summed E-state index contributed by atoms with van der Waals surface area (Å²) >= 11 is 0. The Bertz CT molecular complexity index is 733. The number of carbonyl (C=O) groups is 3. The van der Waals surface area contributed by atoms with Crippen LogP contribution in [0.2, 0.25) is 0 Å². The van der Waals surface area contributed by atoms with E-state index < -0.39 is 17.5 Å². The Morgan fingerprint density at radius 2 is 1.50 bits per heavy atom. The standard InChI is InChI=1S/C17H14O5/c1-21-12-7-5-6-11(10-12)15(18)16(19)13-8-3-4-9-14(13)17(20)22-2/h3-10H,1-2H3. The van der Waals surface area contributed by atoms with Gasteiger partial charge in [0, 0.05) is 11.1 Å². The topological polar surface area (TPSA) is 69.7 Å². The van der Waals surface area contributed by atoms with Gasteiger partial charge in [0.25, 0.3) is 0 Å². The normalized spacial score (nSPS) is 9.91. The maximum Gasteiger partial charge on any atom is 0.338 e. The third-order valence-corrected chi connectivity index (χ3v) is 3.12. The molecule has 0 aromatic heterocycles. The van der Waals surface area contributed by atoms with Crippen LogP contribution in [0.3, 0.4) is 0 Å². The maximum atomic E-state index is 12.4. The lowest BCUT2D eigenvalue weighted by molar-refractivity contribution is 0.0597. The first-order chi connectivity index (χ1) is 10.6. The van der Waals surface area contributed by atoms with E-state index in [1.54, 1.807) is 24.3 Å². The number of benzene rings is 2. The number of esters is 1. The summed E-state index contributed by atoms with van der Waals surface area (Å²) in [5.74, 6) is -1.67. The molecule has 0 aliphatic carbocycles. The summed E-state index contributed by atoms with van der Waals surface area (Å²) in [5, 5.41) is 0. The van der Waals surface area contributed by atoms with E-state index in [0.29, 0.717) is 5.75 Å². The third kappa shape index (κ3) is 3.03. The zero-order chi connectivity index (χ0) is 16.1. The van der Waals surface area contributed by atoms with Gasteiger partial charge in [0.15, 0.2) is 0 Å². The average molecular weight is 298 g/mol. The predicted octanol–water partition coefficient (Wildman–Crippen LogP) is 2.55. The summed E-state index contributed by atoms with van der Waals surface area (Å²) in [4.78, 5) is 36.4. The van der Waals surface area contributed by atoms with Gasteiger partial charge in [-0.3, -0.25) is 9.59 Å². The Morgan fingerprint density at radius 1 is 0.818 bits per heavy atom. The molecule has 0 heterocycles. The number of rotatable bonds is 5. The molecule has 0 amide bonds. The van der Waals surface area contributed by atoms with Crippen LogP contribution in [-0.4, -0.2) is 31.8 Å². The smallest absolute Gasteiger partial charge is 0.338 e. The molecule has 2 aromatic carbocycles. The monoisotopic (exact) mass is 298 g/mol. The fourth-order valence-corrected chi connectivity index (χ4v) is 1.99. The molecule has 112 valence electrons. The summed E-state index contributed by atoms with van der Waals surface area (Å²) in [6.45, 7) is 0. The molecule has 0 N–H and O–H groups in total. The molecule has 5 heteroatoms. The van der Waals surface area contributed by atoms with Gasteiger partial charge in [-0.1, -0.05) is 30.3 Å². The fraction of sp³-hybridized carbons (Fsp3) is 0.118. The fourth-order valence-electron chi connectivity index (χ4n) is 1.99. The average Bonchev–Trinajstić information content (AvgIpc) is 2.59. The summed E-state index contributed by atoms with van der Waals surface area (Å²) in [6, 6.07) is 12.3. The number of hydrogen-bond acceptors (Lipinski definition) is 5. The van der Waals surface area contributed by atoms with E-state index in [9.17, 15) is 14.4 Å². The lowest BCUT2D eigenvalue weighted by Crippen LogP contribution is -2.18. The molecule has 0 fully saturated rings. The Hall–Kier alpha value is -2.95. The van der Waals surface area contributed by atoms with Gasteiger partial charge in [-0.15, -0.1) is 0 Å². The Kier molecular flexibility index (Phi) is 4.68. The zero-order valence-electron chi connectivity index (χ0n) is 12.2. The summed E-state index contributed by atoms with van der Waals surface area (Å²) < 4.78 is 9.66. The van der Waals surface area contributed by atoms with E-state index in [0.717, 1.165) is 0 Å².